The van der Waals surface area contributed by atoms with Gasteiger partial charge in [0.05, 0.1) is 23.0 Å². The highest BCUT2D eigenvalue weighted by Gasteiger charge is 2.30. The van der Waals surface area contributed by atoms with Crippen molar-refractivity contribution in [2.24, 2.45) is 7.05 Å². The Labute approximate surface area is 168 Å². The summed E-state index contributed by atoms with van der Waals surface area (Å²) in [6.07, 6.45) is 1.88. The van der Waals surface area contributed by atoms with Crippen LogP contribution >= 0.6 is 0 Å². The van der Waals surface area contributed by atoms with E-state index >= 15 is 0 Å². The highest BCUT2D eigenvalue weighted by atomic mass is 19.4. The number of alkyl halides is 3. The zero-order valence-electron chi connectivity index (χ0n) is 16.2. The Hall–Kier alpha value is -2.67. The average molecular weight is 400 g/mol. The van der Waals surface area contributed by atoms with Crippen LogP contribution in [0.2, 0.25) is 0 Å². The lowest BCUT2D eigenvalue weighted by atomic mass is 10.0. The number of hydrogen-bond acceptors (Lipinski definition) is 3. The molecule has 0 aliphatic carbocycles. The van der Waals surface area contributed by atoms with Crippen LogP contribution < -0.4 is 0 Å². The van der Waals surface area contributed by atoms with E-state index in [1.807, 2.05) is 29.9 Å². The predicted molar refractivity (Wildman–Crippen MR) is 104 cm³/mol. The Kier molecular flexibility index (Phi) is 5.41. The Morgan fingerprint density at radius 2 is 1.97 bits per heavy atom. The zero-order chi connectivity index (χ0) is 20.4. The second-order valence-electron chi connectivity index (χ2n) is 7.54. The zero-order valence-corrected chi connectivity index (χ0v) is 16.2. The maximum Gasteiger partial charge on any atom is 0.416 e. The molecule has 2 aromatic heterocycles. The van der Waals surface area contributed by atoms with E-state index in [4.69, 9.17) is 0 Å². The fraction of sp³-hybridized carbons (Fsp3) is 0.364. The van der Waals surface area contributed by atoms with Crippen molar-refractivity contribution >= 4 is 0 Å². The first-order valence-corrected chi connectivity index (χ1v) is 9.72. The fourth-order valence-electron chi connectivity index (χ4n) is 3.95. The monoisotopic (exact) mass is 400 g/mol. The van der Waals surface area contributed by atoms with Crippen molar-refractivity contribution in [1.29, 1.82) is 0 Å². The second kappa shape index (κ2) is 7.99. The third-order valence-corrected chi connectivity index (χ3v) is 5.50. The minimum Gasteiger partial charge on any atom is -0.289 e. The molecule has 4 nitrogen and oxygen atoms in total. The van der Waals surface area contributed by atoms with E-state index in [1.165, 1.54) is 12.1 Å². The van der Waals surface area contributed by atoms with Crippen LogP contribution in [0.4, 0.5) is 13.2 Å². The van der Waals surface area contributed by atoms with Crippen molar-refractivity contribution in [3.05, 3.63) is 82.9 Å². The molecule has 0 radical (unpaired) electrons. The smallest absolute Gasteiger partial charge is 0.289 e. The molecule has 0 unspecified atom stereocenters. The quantitative estimate of drug-likeness (QED) is 0.619. The van der Waals surface area contributed by atoms with E-state index in [0.29, 0.717) is 12.0 Å². The van der Waals surface area contributed by atoms with Crippen molar-refractivity contribution in [3.63, 3.8) is 0 Å². The number of hydrogen-bond donors (Lipinski definition) is 0. The van der Waals surface area contributed by atoms with E-state index in [1.54, 1.807) is 18.5 Å². The Bertz CT molecular complexity index is 963. The maximum atomic E-state index is 12.9. The van der Waals surface area contributed by atoms with Crippen LogP contribution in [0.3, 0.4) is 0 Å². The first-order valence-electron chi connectivity index (χ1n) is 9.72. The minimum absolute atomic E-state index is 0.257. The van der Waals surface area contributed by atoms with Gasteiger partial charge < -0.3 is 0 Å². The summed E-state index contributed by atoms with van der Waals surface area (Å²) in [5, 5.41) is 4.23. The molecule has 1 fully saturated rings. The lowest BCUT2D eigenvalue weighted by Crippen LogP contribution is -2.24. The number of aryl methyl sites for hydroxylation is 1. The Morgan fingerprint density at radius 3 is 2.66 bits per heavy atom. The average Bonchev–Trinajstić information content (AvgIpc) is 3.32. The molecule has 7 heteroatoms. The molecule has 29 heavy (non-hydrogen) atoms. The Balaban J connectivity index is 1.46. The molecule has 3 heterocycles. The maximum absolute atomic E-state index is 12.9. The summed E-state index contributed by atoms with van der Waals surface area (Å²) in [7, 11) is 1.95. The van der Waals surface area contributed by atoms with Crippen LogP contribution in [0.15, 0.2) is 54.9 Å². The molecule has 1 aliphatic heterocycles. The van der Waals surface area contributed by atoms with Gasteiger partial charge in [0.25, 0.3) is 0 Å². The highest BCUT2D eigenvalue weighted by Crippen LogP contribution is 2.33. The fourth-order valence-corrected chi connectivity index (χ4v) is 3.95. The van der Waals surface area contributed by atoms with Gasteiger partial charge in [0, 0.05) is 26.0 Å². The summed E-state index contributed by atoms with van der Waals surface area (Å²) in [5.74, 6) is 0. The predicted octanol–water partition coefficient (Wildman–Crippen LogP) is 4.76. The van der Waals surface area contributed by atoms with Crippen LogP contribution in [0.1, 0.15) is 47.0 Å². The van der Waals surface area contributed by atoms with Crippen LogP contribution in [0, 0.1) is 0 Å². The van der Waals surface area contributed by atoms with Crippen molar-refractivity contribution in [2.75, 3.05) is 6.54 Å². The molecular formula is C22H23F3N4. The third-order valence-electron chi connectivity index (χ3n) is 5.50. The van der Waals surface area contributed by atoms with E-state index in [2.05, 4.69) is 15.0 Å². The van der Waals surface area contributed by atoms with Gasteiger partial charge in [0.2, 0.25) is 0 Å². The summed E-state index contributed by atoms with van der Waals surface area (Å²) in [6.45, 7) is 1.85. The molecule has 0 amide bonds. The molecule has 1 aromatic carbocycles. The van der Waals surface area contributed by atoms with E-state index in [9.17, 15) is 13.2 Å². The highest BCUT2D eigenvalue weighted by molar-refractivity contribution is 5.30. The topological polar surface area (TPSA) is 34.0 Å². The third kappa shape index (κ3) is 4.50. The number of benzene rings is 1. The molecule has 4 rings (SSSR count). The van der Waals surface area contributed by atoms with Gasteiger partial charge in [0.1, 0.15) is 0 Å². The lowest BCUT2D eigenvalue weighted by molar-refractivity contribution is -0.137. The van der Waals surface area contributed by atoms with E-state index in [0.717, 1.165) is 48.9 Å². The van der Waals surface area contributed by atoms with E-state index < -0.39 is 11.7 Å². The van der Waals surface area contributed by atoms with Crippen molar-refractivity contribution in [1.82, 2.24) is 19.7 Å². The van der Waals surface area contributed by atoms with Crippen molar-refractivity contribution in [2.45, 2.75) is 38.0 Å². The summed E-state index contributed by atoms with van der Waals surface area (Å²) >= 11 is 0. The summed E-state index contributed by atoms with van der Waals surface area (Å²) < 4.78 is 40.6. The number of rotatable bonds is 5. The van der Waals surface area contributed by atoms with Gasteiger partial charge in [-0.25, -0.2) is 0 Å². The Morgan fingerprint density at radius 1 is 1.10 bits per heavy atom. The molecule has 0 spiro atoms. The van der Waals surface area contributed by atoms with Crippen LogP contribution in [-0.4, -0.2) is 26.2 Å². The number of nitrogens with zero attached hydrogens (tertiary/aromatic N) is 4. The van der Waals surface area contributed by atoms with Crippen molar-refractivity contribution < 1.29 is 13.2 Å². The van der Waals surface area contributed by atoms with Crippen LogP contribution in [0.5, 0.6) is 0 Å². The number of halogens is 3. The number of pyridine rings is 1. The molecule has 152 valence electrons. The van der Waals surface area contributed by atoms with Crippen LogP contribution in [-0.2, 0) is 26.2 Å². The minimum atomic E-state index is -4.32. The SMILES string of the molecule is Cn1nccc1CN1CCC[C@H]1c1ccc(Cc2cccc(C(F)(F)F)c2)cn1. The molecule has 3 aromatic rings. The van der Waals surface area contributed by atoms with Gasteiger partial charge in [-0.1, -0.05) is 24.3 Å². The first kappa shape index (κ1) is 19.6. The van der Waals surface area contributed by atoms with Crippen molar-refractivity contribution in [3.8, 4) is 0 Å². The molecule has 0 N–H and O–H groups in total. The largest absolute Gasteiger partial charge is 0.416 e. The first-order chi connectivity index (χ1) is 13.9. The van der Waals surface area contributed by atoms with Gasteiger partial charge in [0.15, 0.2) is 0 Å². The normalized spacial score (nSPS) is 17.7. The van der Waals surface area contributed by atoms with Gasteiger partial charge in [-0.15, -0.1) is 0 Å². The molecule has 1 atom stereocenters. The summed E-state index contributed by atoms with van der Waals surface area (Å²) in [6, 6.07) is 11.7. The van der Waals surface area contributed by atoms with Gasteiger partial charge in [-0.2, -0.15) is 18.3 Å². The van der Waals surface area contributed by atoms with Gasteiger partial charge in [-0.3, -0.25) is 14.6 Å². The summed E-state index contributed by atoms with van der Waals surface area (Å²) in [5.41, 5.74) is 3.10. The van der Waals surface area contributed by atoms with E-state index in [-0.39, 0.29) is 6.04 Å². The summed E-state index contributed by atoms with van der Waals surface area (Å²) in [4.78, 5) is 7.05. The molecule has 0 saturated carbocycles. The number of aromatic nitrogens is 3. The second-order valence-corrected chi connectivity index (χ2v) is 7.54. The van der Waals surface area contributed by atoms with Gasteiger partial charge >= 0.3 is 6.18 Å². The van der Waals surface area contributed by atoms with Crippen LogP contribution in [0.25, 0.3) is 0 Å². The lowest BCUT2D eigenvalue weighted by Gasteiger charge is -2.24. The van der Waals surface area contributed by atoms with Gasteiger partial charge in [-0.05, 0) is 55.1 Å². The molecule has 1 aliphatic rings. The molecular weight excluding hydrogens is 377 g/mol. The standard InChI is InChI=1S/C22H23F3N4/c1-28-19(9-10-27-28)15-29-11-3-6-21(29)20-8-7-17(14-26-20)12-16-4-2-5-18(13-16)22(23,24)25/h2,4-5,7-10,13-14,21H,3,6,11-12,15H2,1H3/t21-/m0/s1. The number of likely N-dealkylation sites (tertiary alicyclic amines) is 1. The molecule has 0 bridgehead atoms. The molecule has 1 saturated heterocycles.